The molecule has 31 heavy (non-hydrogen) atoms. The van der Waals surface area contributed by atoms with Gasteiger partial charge < -0.3 is 9.84 Å². The lowest BCUT2D eigenvalue weighted by molar-refractivity contribution is 0.104. The van der Waals surface area contributed by atoms with Crippen LogP contribution < -0.4 is 4.74 Å². The van der Waals surface area contributed by atoms with E-state index in [-0.39, 0.29) is 4.90 Å². The highest BCUT2D eigenvalue weighted by atomic mass is 32.2. The number of aliphatic hydroxyl groups is 1. The summed E-state index contributed by atoms with van der Waals surface area (Å²) in [5.41, 5.74) is 3.73. The van der Waals surface area contributed by atoms with E-state index in [0.717, 1.165) is 22.3 Å². The van der Waals surface area contributed by atoms with E-state index in [1.165, 1.54) is 4.31 Å². The van der Waals surface area contributed by atoms with Gasteiger partial charge in [-0.15, -0.1) is 0 Å². The molecular formula is C25H27NO4S. The Morgan fingerprint density at radius 2 is 1.74 bits per heavy atom. The van der Waals surface area contributed by atoms with Crippen LogP contribution in [-0.2, 0) is 23.1 Å². The molecule has 0 saturated heterocycles. The van der Waals surface area contributed by atoms with E-state index in [2.05, 4.69) is 0 Å². The zero-order valence-electron chi connectivity index (χ0n) is 17.7. The van der Waals surface area contributed by atoms with Crippen LogP contribution in [-0.4, -0.2) is 30.4 Å². The number of benzene rings is 3. The van der Waals surface area contributed by atoms with Gasteiger partial charge in [-0.25, -0.2) is 8.42 Å². The molecule has 0 bridgehead atoms. The molecule has 0 amide bonds. The van der Waals surface area contributed by atoms with E-state index in [0.29, 0.717) is 25.3 Å². The lowest BCUT2D eigenvalue weighted by atomic mass is 9.98. The molecule has 0 unspecified atom stereocenters. The summed E-state index contributed by atoms with van der Waals surface area (Å²) in [6.07, 6.45) is -0.412. The molecule has 5 nitrogen and oxygen atoms in total. The Labute approximate surface area is 184 Å². The molecule has 0 radical (unpaired) electrons. The third-order valence-electron chi connectivity index (χ3n) is 5.82. The minimum absolute atomic E-state index is 0.245. The van der Waals surface area contributed by atoms with E-state index in [1.807, 2.05) is 55.5 Å². The van der Waals surface area contributed by atoms with Gasteiger partial charge in [0, 0.05) is 6.54 Å². The number of hydrogen-bond acceptors (Lipinski definition) is 4. The second kappa shape index (κ2) is 8.83. The van der Waals surface area contributed by atoms with Gasteiger partial charge in [-0.3, -0.25) is 0 Å². The predicted molar refractivity (Wildman–Crippen MR) is 120 cm³/mol. The van der Waals surface area contributed by atoms with Crippen LogP contribution in [0.15, 0.2) is 77.7 Å². The van der Waals surface area contributed by atoms with Crippen molar-refractivity contribution in [2.75, 3.05) is 6.54 Å². The zero-order chi connectivity index (χ0) is 22.0. The normalized spacial score (nSPS) is 19.5. The van der Waals surface area contributed by atoms with Crippen molar-refractivity contribution in [3.8, 4) is 5.75 Å². The van der Waals surface area contributed by atoms with Gasteiger partial charge in [0.15, 0.2) is 0 Å². The molecular weight excluding hydrogens is 410 g/mol. The quantitative estimate of drug-likeness (QED) is 0.648. The molecule has 1 aliphatic heterocycles. The Hall–Kier alpha value is -2.67. The van der Waals surface area contributed by atoms with Crippen LogP contribution in [0.2, 0.25) is 0 Å². The maximum absolute atomic E-state index is 13.3. The van der Waals surface area contributed by atoms with Gasteiger partial charge in [-0.05, 0) is 61.2 Å². The van der Waals surface area contributed by atoms with Crippen LogP contribution in [0.5, 0.6) is 5.75 Å². The molecule has 4 rings (SSSR count). The summed E-state index contributed by atoms with van der Waals surface area (Å²) in [5, 5.41) is 11.0. The monoisotopic (exact) mass is 437 g/mol. The molecule has 2 atom stereocenters. The minimum Gasteiger partial charge on any atom is -0.489 e. The van der Waals surface area contributed by atoms with Crippen molar-refractivity contribution in [2.24, 2.45) is 0 Å². The second-order valence-corrected chi connectivity index (χ2v) is 9.89. The summed E-state index contributed by atoms with van der Waals surface area (Å²) < 4.78 is 33.9. The molecule has 0 aromatic heterocycles. The summed E-state index contributed by atoms with van der Waals surface area (Å²) in [4.78, 5) is 0.245. The van der Waals surface area contributed by atoms with Crippen molar-refractivity contribution < 1.29 is 18.3 Å². The van der Waals surface area contributed by atoms with Gasteiger partial charge in [-0.2, -0.15) is 4.31 Å². The average Bonchev–Trinajstić information content (AvgIpc) is 2.90. The fraction of sp³-hybridized carbons (Fsp3) is 0.280. The van der Waals surface area contributed by atoms with Crippen molar-refractivity contribution in [3.63, 3.8) is 0 Å². The Bertz CT molecular complexity index is 1140. The summed E-state index contributed by atoms with van der Waals surface area (Å²) in [6, 6.07) is 21.7. The van der Waals surface area contributed by atoms with Gasteiger partial charge in [0.05, 0.1) is 17.0 Å². The first-order valence-electron chi connectivity index (χ1n) is 10.4. The molecule has 0 saturated carbocycles. The van der Waals surface area contributed by atoms with Crippen LogP contribution in [0.4, 0.5) is 0 Å². The Kier molecular flexibility index (Phi) is 6.14. The van der Waals surface area contributed by atoms with E-state index in [4.69, 9.17) is 4.74 Å². The van der Waals surface area contributed by atoms with Crippen molar-refractivity contribution in [2.45, 2.75) is 43.9 Å². The molecule has 3 aromatic rings. The fourth-order valence-corrected chi connectivity index (χ4v) is 5.59. The number of nitrogens with zero attached hydrogens (tertiary/aromatic N) is 1. The molecule has 162 valence electrons. The summed E-state index contributed by atoms with van der Waals surface area (Å²) >= 11 is 0. The number of aliphatic hydroxyl groups excluding tert-OH is 1. The van der Waals surface area contributed by atoms with Gasteiger partial charge in [0.2, 0.25) is 10.0 Å². The minimum atomic E-state index is -3.72. The molecule has 0 aliphatic carbocycles. The highest BCUT2D eigenvalue weighted by Gasteiger charge is 2.36. The first-order chi connectivity index (χ1) is 14.9. The van der Waals surface area contributed by atoms with Crippen LogP contribution >= 0.6 is 0 Å². The molecule has 1 N–H and O–H groups in total. The lowest BCUT2D eigenvalue weighted by Crippen LogP contribution is -2.41. The highest BCUT2D eigenvalue weighted by Crippen LogP contribution is 2.34. The standard InChI is InChI=1S/C25H27NO4S/c1-18-8-11-23(12-9-18)31(28,29)26-15-14-21-16-22(10-13-24(21)25(27)19(26)2)30-17-20-6-4-3-5-7-20/h3-13,16,19,25,27H,14-15,17H2,1-2H3/t19-,25-/m0/s1. The van der Waals surface area contributed by atoms with Gasteiger partial charge in [0.1, 0.15) is 12.4 Å². The average molecular weight is 438 g/mol. The van der Waals surface area contributed by atoms with Crippen LogP contribution in [0.1, 0.15) is 35.3 Å². The van der Waals surface area contributed by atoms with Crippen molar-refractivity contribution in [1.29, 1.82) is 0 Å². The molecule has 6 heteroatoms. The van der Waals surface area contributed by atoms with Gasteiger partial charge in [-0.1, -0.05) is 54.1 Å². The topological polar surface area (TPSA) is 66.8 Å². The molecule has 1 heterocycles. The third kappa shape index (κ3) is 4.51. The van der Waals surface area contributed by atoms with Crippen LogP contribution in [0.25, 0.3) is 0 Å². The van der Waals surface area contributed by atoms with Gasteiger partial charge >= 0.3 is 0 Å². The van der Waals surface area contributed by atoms with E-state index >= 15 is 0 Å². The smallest absolute Gasteiger partial charge is 0.243 e. The van der Waals surface area contributed by atoms with E-state index < -0.39 is 22.2 Å². The lowest BCUT2D eigenvalue weighted by Gasteiger charge is -2.29. The fourth-order valence-electron chi connectivity index (χ4n) is 3.95. The van der Waals surface area contributed by atoms with Crippen molar-refractivity contribution in [1.82, 2.24) is 4.31 Å². The molecule has 0 fully saturated rings. The second-order valence-electron chi connectivity index (χ2n) is 8.00. The maximum Gasteiger partial charge on any atom is 0.243 e. The first kappa shape index (κ1) is 21.6. The first-order valence-corrected chi connectivity index (χ1v) is 11.9. The number of sulfonamides is 1. The number of fused-ring (bicyclic) bond motifs is 1. The van der Waals surface area contributed by atoms with Gasteiger partial charge in [0.25, 0.3) is 0 Å². The molecule has 0 spiro atoms. The van der Waals surface area contributed by atoms with Crippen LogP contribution in [0, 0.1) is 6.92 Å². The molecule has 3 aromatic carbocycles. The summed E-state index contributed by atoms with van der Waals surface area (Å²) in [5.74, 6) is 0.706. The maximum atomic E-state index is 13.3. The number of rotatable bonds is 5. The van der Waals surface area contributed by atoms with Crippen LogP contribution in [0.3, 0.4) is 0 Å². The number of aryl methyl sites for hydroxylation is 1. The Morgan fingerprint density at radius 1 is 1.03 bits per heavy atom. The number of hydrogen-bond donors (Lipinski definition) is 1. The van der Waals surface area contributed by atoms with Crippen molar-refractivity contribution >= 4 is 10.0 Å². The predicted octanol–water partition coefficient (Wildman–Crippen LogP) is 4.24. The zero-order valence-corrected chi connectivity index (χ0v) is 18.5. The summed E-state index contributed by atoms with van der Waals surface area (Å²) in [7, 11) is -3.72. The van der Waals surface area contributed by atoms with E-state index in [1.54, 1.807) is 31.2 Å². The third-order valence-corrected chi connectivity index (χ3v) is 7.82. The Balaban J connectivity index is 1.56. The Morgan fingerprint density at radius 3 is 2.45 bits per heavy atom. The highest BCUT2D eigenvalue weighted by molar-refractivity contribution is 7.89. The summed E-state index contributed by atoms with van der Waals surface area (Å²) in [6.45, 7) is 4.42. The largest absolute Gasteiger partial charge is 0.489 e. The van der Waals surface area contributed by atoms with E-state index in [9.17, 15) is 13.5 Å². The number of ether oxygens (including phenoxy) is 1. The SMILES string of the molecule is Cc1ccc(S(=O)(=O)N2CCc3cc(OCc4ccccc4)ccc3[C@@H](O)[C@@H]2C)cc1. The molecule has 1 aliphatic rings. The van der Waals surface area contributed by atoms with Crippen molar-refractivity contribution in [3.05, 3.63) is 95.1 Å².